The van der Waals surface area contributed by atoms with Crippen molar-refractivity contribution in [1.29, 1.82) is 0 Å². The summed E-state index contributed by atoms with van der Waals surface area (Å²) in [5, 5.41) is 12.2. The highest BCUT2D eigenvalue weighted by atomic mass is 35.5. The van der Waals surface area contributed by atoms with Gasteiger partial charge in [0, 0.05) is 18.5 Å². The molecule has 0 aliphatic heterocycles. The zero-order chi connectivity index (χ0) is 15.3. The fraction of sp³-hybridized carbons (Fsp3) is 0.417. The first-order valence-electron chi connectivity index (χ1n) is 5.70. The molecule has 0 amide bonds. The zero-order valence-corrected chi connectivity index (χ0v) is 12.7. The molecule has 0 radical (unpaired) electrons. The standard InChI is InChI=1S/C12H16ClNO5S/c1-19-12(16)10-5-9(20(2,17)18)3-4-11(10)14-7-8(15)6-13/h3-5,8,14-15H,6-7H2,1-2H3. The molecule has 0 saturated heterocycles. The van der Waals surface area contributed by atoms with Gasteiger partial charge >= 0.3 is 5.97 Å². The number of hydrogen-bond acceptors (Lipinski definition) is 6. The lowest BCUT2D eigenvalue weighted by Gasteiger charge is -2.14. The SMILES string of the molecule is COC(=O)c1cc(S(C)(=O)=O)ccc1NCC(O)CCl. The first-order valence-corrected chi connectivity index (χ1v) is 8.12. The van der Waals surface area contributed by atoms with Crippen LogP contribution in [0.4, 0.5) is 5.69 Å². The number of hydrogen-bond donors (Lipinski definition) is 2. The molecule has 0 heterocycles. The Bertz CT molecular complexity index is 588. The van der Waals surface area contributed by atoms with Gasteiger partial charge in [0.2, 0.25) is 0 Å². The van der Waals surface area contributed by atoms with Crippen molar-refractivity contribution in [1.82, 2.24) is 0 Å². The van der Waals surface area contributed by atoms with E-state index in [-0.39, 0.29) is 22.9 Å². The van der Waals surface area contributed by atoms with Crippen LogP contribution in [0.2, 0.25) is 0 Å². The molecule has 1 aromatic carbocycles. The summed E-state index contributed by atoms with van der Waals surface area (Å²) >= 11 is 5.47. The number of carbonyl (C=O) groups is 1. The highest BCUT2D eigenvalue weighted by molar-refractivity contribution is 7.90. The highest BCUT2D eigenvalue weighted by Crippen LogP contribution is 2.21. The lowest BCUT2D eigenvalue weighted by molar-refractivity contribution is 0.0601. The van der Waals surface area contributed by atoms with E-state index >= 15 is 0 Å². The Morgan fingerprint density at radius 2 is 2.15 bits per heavy atom. The van der Waals surface area contributed by atoms with Crippen molar-refractivity contribution in [3.8, 4) is 0 Å². The Morgan fingerprint density at radius 3 is 2.65 bits per heavy atom. The lowest BCUT2D eigenvalue weighted by Crippen LogP contribution is -2.22. The van der Waals surface area contributed by atoms with Gasteiger partial charge in [-0.1, -0.05) is 0 Å². The van der Waals surface area contributed by atoms with Gasteiger partial charge in [0.05, 0.1) is 29.6 Å². The minimum atomic E-state index is -3.43. The Balaban J connectivity index is 3.14. The Kier molecular flexibility index (Phi) is 5.79. The maximum Gasteiger partial charge on any atom is 0.340 e. The van der Waals surface area contributed by atoms with Crippen molar-refractivity contribution in [2.24, 2.45) is 0 Å². The van der Waals surface area contributed by atoms with Crippen molar-refractivity contribution < 1.29 is 23.1 Å². The van der Waals surface area contributed by atoms with Gasteiger partial charge in [0.15, 0.2) is 9.84 Å². The number of aliphatic hydroxyl groups excluding tert-OH is 1. The molecule has 6 nitrogen and oxygen atoms in total. The van der Waals surface area contributed by atoms with Crippen LogP contribution in [0.3, 0.4) is 0 Å². The van der Waals surface area contributed by atoms with Crippen LogP contribution in [0.1, 0.15) is 10.4 Å². The number of nitrogens with one attached hydrogen (secondary N) is 1. The fourth-order valence-electron chi connectivity index (χ4n) is 1.47. The van der Waals surface area contributed by atoms with E-state index in [0.717, 1.165) is 6.26 Å². The van der Waals surface area contributed by atoms with E-state index < -0.39 is 21.9 Å². The Hall–Kier alpha value is -1.31. The maximum atomic E-state index is 11.7. The van der Waals surface area contributed by atoms with E-state index in [4.69, 9.17) is 11.6 Å². The van der Waals surface area contributed by atoms with E-state index in [1.807, 2.05) is 0 Å². The third-order valence-electron chi connectivity index (χ3n) is 2.53. The van der Waals surface area contributed by atoms with Gasteiger partial charge in [-0.05, 0) is 18.2 Å². The minimum Gasteiger partial charge on any atom is -0.465 e. The van der Waals surface area contributed by atoms with Gasteiger partial charge in [-0.3, -0.25) is 0 Å². The predicted molar refractivity (Wildman–Crippen MR) is 76.1 cm³/mol. The van der Waals surface area contributed by atoms with Crippen LogP contribution in [0.15, 0.2) is 23.1 Å². The van der Waals surface area contributed by atoms with E-state index in [9.17, 15) is 18.3 Å². The molecule has 1 aromatic rings. The van der Waals surface area contributed by atoms with Crippen molar-refractivity contribution in [3.05, 3.63) is 23.8 Å². The average molecular weight is 322 g/mol. The summed E-state index contributed by atoms with van der Waals surface area (Å²) in [5.74, 6) is -0.625. The predicted octanol–water partition coefficient (Wildman–Crippen LogP) is 0.888. The molecule has 20 heavy (non-hydrogen) atoms. The fourth-order valence-corrected chi connectivity index (χ4v) is 2.23. The number of methoxy groups -OCH3 is 1. The summed E-state index contributed by atoms with van der Waals surface area (Å²) in [7, 11) is -2.22. The molecular weight excluding hydrogens is 306 g/mol. The third-order valence-corrected chi connectivity index (χ3v) is 4.00. The number of anilines is 1. The normalized spacial score (nSPS) is 12.8. The molecular formula is C12H16ClNO5S. The van der Waals surface area contributed by atoms with E-state index in [1.165, 1.54) is 25.3 Å². The smallest absolute Gasteiger partial charge is 0.340 e. The first-order chi connectivity index (χ1) is 9.29. The summed E-state index contributed by atoms with van der Waals surface area (Å²) in [4.78, 5) is 11.7. The van der Waals surface area contributed by atoms with E-state index in [1.54, 1.807) is 0 Å². The van der Waals surface area contributed by atoms with Gasteiger partial charge in [-0.2, -0.15) is 0 Å². The third kappa shape index (κ3) is 4.36. The maximum absolute atomic E-state index is 11.7. The molecule has 8 heteroatoms. The minimum absolute atomic E-state index is 0.0151. The van der Waals surface area contributed by atoms with Gasteiger partial charge in [-0.15, -0.1) is 11.6 Å². The largest absolute Gasteiger partial charge is 0.465 e. The van der Waals surface area contributed by atoms with Crippen molar-refractivity contribution >= 4 is 33.1 Å². The molecule has 1 atom stereocenters. The second-order valence-corrected chi connectivity index (χ2v) is 6.48. The number of rotatable bonds is 6. The number of ether oxygens (including phenoxy) is 1. The molecule has 0 bridgehead atoms. The van der Waals surface area contributed by atoms with Crippen molar-refractivity contribution in [2.45, 2.75) is 11.0 Å². The molecule has 1 unspecified atom stereocenters. The number of halogens is 1. The molecule has 1 rings (SSSR count). The molecule has 2 N–H and O–H groups in total. The van der Waals surface area contributed by atoms with Crippen LogP contribution >= 0.6 is 11.6 Å². The number of alkyl halides is 1. The number of sulfone groups is 1. The Labute approximate surface area is 122 Å². The molecule has 0 fully saturated rings. The monoisotopic (exact) mass is 321 g/mol. The number of benzene rings is 1. The van der Waals surface area contributed by atoms with Crippen LogP contribution < -0.4 is 5.32 Å². The summed E-state index contributed by atoms with van der Waals surface area (Å²) < 4.78 is 27.6. The van der Waals surface area contributed by atoms with Gasteiger partial charge in [0.25, 0.3) is 0 Å². The first kappa shape index (κ1) is 16.7. The van der Waals surface area contributed by atoms with Crippen LogP contribution in [0.5, 0.6) is 0 Å². The topological polar surface area (TPSA) is 92.7 Å². The molecule has 0 spiro atoms. The van der Waals surface area contributed by atoms with Crippen LogP contribution in [0.25, 0.3) is 0 Å². The number of aliphatic hydroxyl groups is 1. The van der Waals surface area contributed by atoms with Gasteiger partial charge < -0.3 is 15.2 Å². The van der Waals surface area contributed by atoms with Gasteiger partial charge in [-0.25, -0.2) is 13.2 Å². The number of esters is 1. The summed E-state index contributed by atoms with van der Waals surface area (Å²) in [6.07, 6.45) is 0.269. The summed E-state index contributed by atoms with van der Waals surface area (Å²) in [6.45, 7) is 0.131. The summed E-state index contributed by atoms with van der Waals surface area (Å²) in [6, 6.07) is 4.05. The second kappa shape index (κ2) is 6.92. The lowest BCUT2D eigenvalue weighted by atomic mass is 10.1. The van der Waals surface area contributed by atoms with Crippen LogP contribution in [-0.4, -0.2) is 51.4 Å². The average Bonchev–Trinajstić information content (AvgIpc) is 2.42. The Morgan fingerprint density at radius 1 is 1.50 bits per heavy atom. The summed E-state index contributed by atoms with van der Waals surface area (Å²) in [5.41, 5.74) is 0.450. The molecule has 0 saturated carbocycles. The molecule has 0 aliphatic carbocycles. The number of carbonyl (C=O) groups excluding carboxylic acids is 1. The molecule has 112 valence electrons. The highest BCUT2D eigenvalue weighted by Gasteiger charge is 2.17. The van der Waals surface area contributed by atoms with Gasteiger partial charge in [0.1, 0.15) is 0 Å². The zero-order valence-electron chi connectivity index (χ0n) is 11.1. The second-order valence-electron chi connectivity index (χ2n) is 4.16. The molecule has 0 aromatic heterocycles. The van der Waals surface area contributed by atoms with Crippen molar-refractivity contribution in [2.75, 3.05) is 31.1 Å². The van der Waals surface area contributed by atoms with Crippen molar-refractivity contribution in [3.63, 3.8) is 0 Å². The van der Waals surface area contributed by atoms with Crippen LogP contribution in [-0.2, 0) is 14.6 Å². The molecule has 0 aliphatic rings. The van der Waals surface area contributed by atoms with E-state index in [0.29, 0.717) is 5.69 Å². The van der Waals surface area contributed by atoms with Crippen LogP contribution in [0, 0.1) is 0 Å². The quantitative estimate of drug-likeness (QED) is 0.597. The van der Waals surface area contributed by atoms with E-state index in [2.05, 4.69) is 10.1 Å².